The average Bonchev–Trinajstić information content (AvgIpc) is 2.45. The van der Waals surface area contributed by atoms with Crippen LogP contribution in [-0.2, 0) is 4.79 Å². The van der Waals surface area contributed by atoms with Gasteiger partial charge in [-0.2, -0.15) is 11.8 Å². The van der Waals surface area contributed by atoms with Crippen LogP contribution in [-0.4, -0.2) is 55.0 Å². The fourth-order valence-corrected chi connectivity index (χ4v) is 3.01. The third-order valence-corrected chi connectivity index (χ3v) is 4.04. The van der Waals surface area contributed by atoms with Gasteiger partial charge in [0.1, 0.15) is 5.82 Å². The van der Waals surface area contributed by atoms with Gasteiger partial charge in [-0.15, -0.1) is 0 Å². The summed E-state index contributed by atoms with van der Waals surface area (Å²) in [5, 5.41) is 5.78. The van der Waals surface area contributed by atoms with E-state index in [0.717, 1.165) is 26.2 Å². The van der Waals surface area contributed by atoms with Crippen LogP contribution in [0.4, 0.5) is 10.1 Å². The first-order chi connectivity index (χ1) is 9.74. The first-order valence-electron chi connectivity index (χ1n) is 6.80. The molecule has 1 aliphatic heterocycles. The first-order valence-corrected chi connectivity index (χ1v) is 7.96. The molecule has 0 unspecified atom stereocenters. The normalized spacial score (nSPS) is 16.1. The minimum Gasteiger partial charge on any atom is -0.325 e. The van der Waals surface area contributed by atoms with Gasteiger partial charge in [-0.3, -0.25) is 4.79 Å². The van der Waals surface area contributed by atoms with Crippen molar-refractivity contribution >= 4 is 23.4 Å². The van der Waals surface area contributed by atoms with Gasteiger partial charge in [0.15, 0.2) is 0 Å². The van der Waals surface area contributed by atoms with Crippen LogP contribution in [0.5, 0.6) is 0 Å². The van der Waals surface area contributed by atoms with E-state index in [2.05, 4.69) is 15.5 Å². The van der Waals surface area contributed by atoms with E-state index in [1.165, 1.54) is 23.6 Å². The van der Waals surface area contributed by atoms with E-state index in [1.54, 1.807) is 12.1 Å². The molecular formula is C14H20FN3OS. The van der Waals surface area contributed by atoms with Crippen molar-refractivity contribution in [3.63, 3.8) is 0 Å². The van der Waals surface area contributed by atoms with E-state index in [1.807, 2.05) is 11.8 Å². The minimum absolute atomic E-state index is 0.148. The van der Waals surface area contributed by atoms with Crippen molar-refractivity contribution < 1.29 is 9.18 Å². The smallest absolute Gasteiger partial charge is 0.238 e. The predicted octanol–water partition coefficient (Wildman–Crippen LogP) is 1.40. The number of anilines is 1. The van der Waals surface area contributed by atoms with Crippen LogP contribution in [0.3, 0.4) is 0 Å². The summed E-state index contributed by atoms with van der Waals surface area (Å²) in [4.78, 5) is 14.1. The molecular weight excluding hydrogens is 277 g/mol. The maximum absolute atomic E-state index is 13.0. The summed E-state index contributed by atoms with van der Waals surface area (Å²) < 4.78 is 13.0. The van der Waals surface area contributed by atoms with Gasteiger partial charge in [0.2, 0.25) is 5.91 Å². The Kier molecular flexibility index (Phi) is 6.29. The maximum Gasteiger partial charge on any atom is 0.238 e. The molecule has 1 fully saturated rings. The van der Waals surface area contributed by atoms with Crippen molar-refractivity contribution in [1.29, 1.82) is 0 Å². The van der Waals surface area contributed by atoms with Gasteiger partial charge in [-0.1, -0.05) is 6.07 Å². The number of amides is 1. The molecule has 1 amide bonds. The van der Waals surface area contributed by atoms with Crippen LogP contribution >= 0.6 is 11.8 Å². The van der Waals surface area contributed by atoms with Gasteiger partial charge >= 0.3 is 0 Å². The lowest BCUT2D eigenvalue weighted by atomic mass is 10.3. The molecule has 1 saturated heterocycles. The zero-order valence-corrected chi connectivity index (χ0v) is 12.2. The van der Waals surface area contributed by atoms with Gasteiger partial charge in [0, 0.05) is 43.4 Å². The number of rotatable bonds is 6. The zero-order chi connectivity index (χ0) is 14.2. The predicted molar refractivity (Wildman–Crippen MR) is 81.7 cm³/mol. The lowest BCUT2D eigenvalue weighted by Crippen LogP contribution is -2.39. The second-order valence-corrected chi connectivity index (χ2v) is 5.91. The number of halogens is 1. The SMILES string of the molecule is O=C(CNCCN1CCSCC1)Nc1cccc(F)c1. The number of benzene rings is 1. The Morgan fingerprint density at radius 1 is 1.35 bits per heavy atom. The van der Waals surface area contributed by atoms with E-state index in [9.17, 15) is 9.18 Å². The van der Waals surface area contributed by atoms with Crippen LogP contribution in [0, 0.1) is 5.82 Å². The Morgan fingerprint density at radius 3 is 2.90 bits per heavy atom. The molecule has 1 aromatic carbocycles. The minimum atomic E-state index is -0.348. The number of nitrogens with one attached hydrogen (secondary N) is 2. The third kappa shape index (κ3) is 5.48. The summed E-state index contributed by atoms with van der Waals surface area (Å²) in [6.07, 6.45) is 0. The van der Waals surface area contributed by atoms with Gasteiger partial charge in [-0.25, -0.2) is 4.39 Å². The second kappa shape index (κ2) is 8.24. The largest absolute Gasteiger partial charge is 0.325 e. The molecule has 20 heavy (non-hydrogen) atoms. The highest BCUT2D eigenvalue weighted by Crippen LogP contribution is 2.09. The Balaban J connectivity index is 1.60. The molecule has 4 nitrogen and oxygen atoms in total. The average molecular weight is 297 g/mol. The summed E-state index contributed by atoms with van der Waals surface area (Å²) >= 11 is 1.99. The molecule has 110 valence electrons. The third-order valence-electron chi connectivity index (χ3n) is 3.10. The summed E-state index contributed by atoms with van der Waals surface area (Å²) in [5.74, 6) is 1.89. The molecule has 0 bridgehead atoms. The molecule has 0 aliphatic carbocycles. The van der Waals surface area contributed by atoms with E-state index < -0.39 is 0 Å². The van der Waals surface area contributed by atoms with Crippen LogP contribution in [0.2, 0.25) is 0 Å². The number of hydrogen-bond acceptors (Lipinski definition) is 4. The van der Waals surface area contributed by atoms with Gasteiger partial charge in [0.25, 0.3) is 0 Å². The number of hydrogen-bond donors (Lipinski definition) is 2. The van der Waals surface area contributed by atoms with Crippen molar-refractivity contribution in [1.82, 2.24) is 10.2 Å². The van der Waals surface area contributed by atoms with E-state index in [-0.39, 0.29) is 18.3 Å². The Labute approximate surface area is 123 Å². The van der Waals surface area contributed by atoms with Crippen LogP contribution in [0.15, 0.2) is 24.3 Å². The number of nitrogens with zero attached hydrogens (tertiary/aromatic N) is 1. The van der Waals surface area contributed by atoms with E-state index in [0.29, 0.717) is 5.69 Å². The van der Waals surface area contributed by atoms with Gasteiger partial charge in [-0.05, 0) is 18.2 Å². The van der Waals surface area contributed by atoms with Crippen molar-refractivity contribution in [3.05, 3.63) is 30.1 Å². The monoisotopic (exact) mass is 297 g/mol. The quantitative estimate of drug-likeness (QED) is 0.779. The molecule has 2 N–H and O–H groups in total. The summed E-state index contributed by atoms with van der Waals surface area (Å²) in [6, 6.07) is 5.91. The Bertz CT molecular complexity index is 438. The highest BCUT2D eigenvalue weighted by Gasteiger charge is 2.09. The van der Waals surface area contributed by atoms with Crippen molar-refractivity contribution in [2.75, 3.05) is 49.5 Å². The molecule has 1 heterocycles. The highest BCUT2D eigenvalue weighted by atomic mass is 32.2. The Hall–Kier alpha value is -1.11. The molecule has 1 aliphatic rings. The maximum atomic E-state index is 13.0. The van der Waals surface area contributed by atoms with Crippen LogP contribution in [0.1, 0.15) is 0 Å². The van der Waals surface area contributed by atoms with E-state index in [4.69, 9.17) is 0 Å². The van der Waals surface area contributed by atoms with Gasteiger partial charge < -0.3 is 15.5 Å². The highest BCUT2D eigenvalue weighted by molar-refractivity contribution is 7.99. The lowest BCUT2D eigenvalue weighted by molar-refractivity contribution is -0.115. The fraction of sp³-hybridized carbons (Fsp3) is 0.500. The van der Waals surface area contributed by atoms with Crippen molar-refractivity contribution in [3.8, 4) is 0 Å². The fourth-order valence-electron chi connectivity index (χ4n) is 2.04. The summed E-state index contributed by atoms with van der Waals surface area (Å²) in [5.41, 5.74) is 0.491. The summed E-state index contributed by atoms with van der Waals surface area (Å²) in [7, 11) is 0. The standard InChI is InChI=1S/C14H20FN3OS/c15-12-2-1-3-13(10-12)17-14(19)11-16-4-5-18-6-8-20-9-7-18/h1-3,10,16H,4-9,11H2,(H,17,19). The number of carbonyl (C=O) groups excluding carboxylic acids is 1. The zero-order valence-electron chi connectivity index (χ0n) is 11.4. The second-order valence-electron chi connectivity index (χ2n) is 4.69. The van der Waals surface area contributed by atoms with Gasteiger partial charge in [0.05, 0.1) is 6.54 Å². The van der Waals surface area contributed by atoms with E-state index >= 15 is 0 Å². The molecule has 0 aromatic heterocycles. The molecule has 1 aromatic rings. The van der Waals surface area contributed by atoms with Crippen molar-refractivity contribution in [2.24, 2.45) is 0 Å². The van der Waals surface area contributed by atoms with Crippen LogP contribution in [0.25, 0.3) is 0 Å². The first kappa shape index (κ1) is 15.3. The molecule has 0 saturated carbocycles. The number of carbonyl (C=O) groups is 1. The summed E-state index contributed by atoms with van der Waals surface area (Å²) in [6.45, 7) is 4.26. The Morgan fingerprint density at radius 2 is 2.15 bits per heavy atom. The van der Waals surface area contributed by atoms with Crippen molar-refractivity contribution in [2.45, 2.75) is 0 Å². The molecule has 2 rings (SSSR count). The molecule has 6 heteroatoms. The number of thioether (sulfide) groups is 1. The lowest BCUT2D eigenvalue weighted by Gasteiger charge is -2.25. The van der Waals surface area contributed by atoms with Crippen LogP contribution < -0.4 is 10.6 Å². The molecule has 0 radical (unpaired) electrons. The topological polar surface area (TPSA) is 44.4 Å². The molecule has 0 spiro atoms. The molecule has 0 atom stereocenters.